The fourth-order valence-electron chi connectivity index (χ4n) is 2.64. The summed E-state index contributed by atoms with van der Waals surface area (Å²) in [6, 6.07) is 0. The summed E-state index contributed by atoms with van der Waals surface area (Å²) in [4.78, 5) is 3.31. The van der Waals surface area contributed by atoms with E-state index in [2.05, 4.69) is 38.0 Å². The summed E-state index contributed by atoms with van der Waals surface area (Å²) in [5, 5.41) is 4.56. The van der Waals surface area contributed by atoms with E-state index in [-0.39, 0.29) is 0 Å². The van der Waals surface area contributed by atoms with Crippen LogP contribution in [0.2, 0.25) is 0 Å². The Balaban J connectivity index is 2.08. The molecule has 0 bridgehead atoms. The molecule has 0 radical (unpaired) electrons. The predicted octanol–water partition coefficient (Wildman–Crippen LogP) is 2.98. The van der Waals surface area contributed by atoms with Gasteiger partial charge in [0.25, 0.3) is 0 Å². The standard InChI is InChI=1S/C12H18N4S2/c1-3-16-11-10(8(2)14-16)13-12(17)15(11)6-9-4-5-18-7-9/h9H,3-7H2,1-2H3,(H,13,17). The average Bonchev–Trinajstić information content (AvgIpc) is 3.02. The molecule has 0 spiro atoms. The van der Waals surface area contributed by atoms with Crippen LogP contribution in [0.1, 0.15) is 19.0 Å². The largest absolute Gasteiger partial charge is 0.328 e. The number of imidazole rings is 1. The summed E-state index contributed by atoms with van der Waals surface area (Å²) in [7, 11) is 0. The van der Waals surface area contributed by atoms with Crippen molar-refractivity contribution in [2.24, 2.45) is 5.92 Å². The molecule has 98 valence electrons. The molecule has 6 heteroatoms. The first-order valence-corrected chi connectivity index (χ1v) is 8.00. The molecule has 3 rings (SSSR count). The van der Waals surface area contributed by atoms with Gasteiger partial charge in [0, 0.05) is 13.1 Å². The molecule has 1 unspecified atom stereocenters. The van der Waals surface area contributed by atoms with E-state index >= 15 is 0 Å². The van der Waals surface area contributed by atoms with E-state index in [1.165, 1.54) is 17.9 Å². The number of H-pyrrole nitrogens is 1. The van der Waals surface area contributed by atoms with E-state index in [1.807, 2.05) is 6.92 Å². The van der Waals surface area contributed by atoms with Crippen LogP contribution >= 0.6 is 24.0 Å². The van der Waals surface area contributed by atoms with Crippen molar-refractivity contribution in [3.8, 4) is 0 Å². The first-order valence-electron chi connectivity index (χ1n) is 6.44. The van der Waals surface area contributed by atoms with E-state index in [4.69, 9.17) is 12.2 Å². The number of aromatic amines is 1. The first kappa shape index (κ1) is 12.3. The van der Waals surface area contributed by atoms with Crippen LogP contribution in [0.3, 0.4) is 0 Å². The van der Waals surface area contributed by atoms with E-state index in [0.717, 1.165) is 40.6 Å². The lowest BCUT2D eigenvalue weighted by Crippen LogP contribution is -2.12. The topological polar surface area (TPSA) is 38.5 Å². The van der Waals surface area contributed by atoms with Gasteiger partial charge in [-0.05, 0) is 49.9 Å². The van der Waals surface area contributed by atoms with Crippen molar-refractivity contribution in [3.05, 3.63) is 10.5 Å². The van der Waals surface area contributed by atoms with Gasteiger partial charge >= 0.3 is 0 Å². The molecule has 1 fully saturated rings. The van der Waals surface area contributed by atoms with Crippen molar-refractivity contribution in [2.45, 2.75) is 33.4 Å². The number of fused-ring (bicyclic) bond motifs is 1. The minimum atomic E-state index is 0.751. The normalized spacial score (nSPS) is 20.0. The van der Waals surface area contributed by atoms with Crippen LogP contribution in [0.4, 0.5) is 0 Å². The molecule has 18 heavy (non-hydrogen) atoms. The van der Waals surface area contributed by atoms with Crippen molar-refractivity contribution in [3.63, 3.8) is 0 Å². The molecule has 1 N–H and O–H groups in total. The van der Waals surface area contributed by atoms with Gasteiger partial charge in [-0.2, -0.15) is 16.9 Å². The van der Waals surface area contributed by atoms with Crippen molar-refractivity contribution in [1.29, 1.82) is 0 Å². The summed E-state index contributed by atoms with van der Waals surface area (Å²) in [6.45, 7) is 6.07. The number of hydrogen-bond acceptors (Lipinski definition) is 3. The zero-order chi connectivity index (χ0) is 12.7. The quantitative estimate of drug-likeness (QED) is 0.880. The number of nitrogens with zero attached hydrogens (tertiary/aromatic N) is 3. The van der Waals surface area contributed by atoms with Gasteiger partial charge in [-0.25, -0.2) is 4.68 Å². The van der Waals surface area contributed by atoms with E-state index in [9.17, 15) is 0 Å². The monoisotopic (exact) mass is 282 g/mol. The third-order valence-electron chi connectivity index (χ3n) is 3.60. The second-order valence-corrected chi connectivity index (χ2v) is 6.41. The SMILES string of the molecule is CCn1nc(C)c2[nH]c(=S)n(CC3CCSC3)c21. The van der Waals surface area contributed by atoms with Gasteiger partial charge in [0.2, 0.25) is 0 Å². The Morgan fingerprint density at radius 1 is 1.56 bits per heavy atom. The van der Waals surface area contributed by atoms with E-state index in [0.29, 0.717) is 0 Å². The van der Waals surface area contributed by atoms with Gasteiger partial charge in [0.1, 0.15) is 5.52 Å². The van der Waals surface area contributed by atoms with Gasteiger partial charge in [-0.1, -0.05) is 0 Å². The molecular formula is C12H18N4S2. The Bertz CT molecular complexity index is 616. The van der Waals surface area contributed by atoms with Crippen LogP contribution in [-0.2, 0) is 13.1 Å². The maximum atomic E-state index is 5.47. The number of hydrogen-bond donors (Lipinski definition) is 1. The van der Waals surface area contributed by atoms with Crippen LogP contribution in [0, 0.1) is 17.6 Å². The van der Waals surface area contributed by atoms with Gasteiger partial charge in [-0.15, -0.1) is 0 Å². The minimum absolute atomic E-state index is 0.751. The zero-order valence-electron chi connectivity index (χ0n) is 10.8. The Morgan fingerprint density at radius 2 is 2.39 bits per heavy atom. The summed E-state index contributed by atoms with van der Waals surface area (Å²) >= 11 is 7.52. The molecule has 1 atom stereocenters. The molecule has 0 aliphatic carbocycles. The van der Waals surface area contributed by atoms with Crippen molar-refractivity contribution >= 4 is 35.1 Å². The third-order valence-corrected chi connectivity index (χ3v) is 5.15. The van der Waals surface area contributed by atoms with Crippen LogP contribution in [0.5, 0.6) is 0 Å². The molecule has 2 aromatic rings. The molecule has 1 aliphatic heterocycles. The highest BCUT2D eigenvalue weighted by atomic mass is 32.2. The highest BCUT2D eigenvalue weighted by Gasteiger charge is 2.20. The van der Waals surface area contributed by atoms with Gasteiger partial charge in [0.15, 0.2) is 10.4 Å². The third kappa shape index (κ3) is 1.91. The average molecular weight is 282 g/mol. The highest BCUT2D eigenvalue weighted by Crippen LogP contribution is 2.27. The highest BCUT2D eigenvalue weighted by molar-refractivity contribution is 7.99. The van der Waals surface area contributed by atoms with Crippen LogP contribution in [0.15, 0.2) is 0 Å². The molecule has 1 saturated heterocycles. The molecular weight excluding hydrogens is 264 g/mol. The molecule has 1 aliphatic rings. The fourth-order valence-corrected chi connectivity index (χ4v) is 4.17. The van der Waals surface area contributed by atoms with Crippen LogP contribution in [-0.4, -0.2) is 30.8 Å². The summed E-state index contributed by atoms with van der Waals surface area (Å²) < 4.78 is 5.13. The smallest absolute Gasteiger partial charge is 0.179 e. The van der Waals surface area contributed by atoms with Gasteiger partial charge in [0.05, 0.1) is 5.69 Å². The van der Waals surface area contributed by atoms with E-state index in [1.54, 1.807) is 0 Å². The molecule has 3 heterocycles. The predicted molar refractivity (Wildman–Crippen MR) is 78.8 cm³/mol. The maximum Gasteiger partial charge on any atom is 0.179 e. The molecule has 2 aromatic heterocycles. The number of nitrogens with one attached hydrogen (secondary N) is 1. The maximum absolute atomic E-state index is 5.47. The number of rotatable bonds is 3. The second-order valence-electron chi connectivity index (χ2n) is 4.87. The number of aromatic nitrogens is 4. The number of aryl methyl sites for hydroxylation is 2. The molecule has 0 saturated carbocycles. The van der Waals surface area contributed by atoms with Crippen molar-refractivity contribution in [1.82, 2.24) is 19.3 Å². The lowest BCUT2D eigenvalue weighted by atomic mass is 10.1. The Hall–Kier alpha value is -0.750. The van der Waals surface area contributed by atoms with E-state index < -0.39 is 0 Å². The fraction of sp³-hybridized carbons (Fsp3) is 0.667. The number of thioether (sulfide) groups is 1. The lowest BCUT2D eigenvalue weighted by Gasteiger charge is -2.10. The Kier molecular flexibility index (Phi) is 3.23. The van der Waals surface area contributed by atoms with Gasteiger partial charge < -0.3 is 9.55 Å². The molecule has 0 aromatic carbocycles. The lowest BCUT2D eigenvalue weighted by molar-refractivity contribution is 0.488. The summed E-state index contributed by atoms with van der Waals surface area (Å²) in [5.41, 5.74) is 3.31. The summed E-state index contributed by atoms with van der Waals surface area (Å²) in [6.07, 6.45) is 1.30. The Morgan fingerprint density at radius 3 is 3.06 bits per heavy atom. The minimum Gasteiger partial charge on any atom is -0.328 e. The summed E-state index contributed by atoms with van der Waals surface area (Å²) in [5.74, 6) is 3.30. The van der Waals surface area contributed by atoms with Gasteiger partial charge in [-0.3, -0.25) is 0 Å². The van der Waals surface area contributed by atoms with Crippen molar-refractivity contribution in [2.75, 3.05) is 11.5 Å². The Labute approximate surface area is 116 Å². The van der Waals surface area contributed by atoms with Crippen LogP contribution < -0.4 is 0 Å². The van der Waals surface area contributed by atoms with Crippen molar-refractivity contribution < 1.29 is 0 Å². The molecule has 4 nitrogen and oxygen atoms in total. The van der Waals surface area contributed by atoms with Crippen LogP contribution in [0.25, 0.3) is 11.2 Å². The second kappa shape index (κ2) is 4.74. The zero-order valence-corrected chi connectivity index (χ0v) is 12.4. The molecule has 0 amide bonds. The first-order chi connectivity index (χ1) is 8.70.